The SMILES string of the molecule is NC(=O)c1cccc(C(=O)c2c[nH]c3ncccc23)c1. The van der Waals surface area contributed by atoms with Crippen molar-refractivity contribution < 1.29 is 9.59 Å². The molecule has 1 aromatic carbocycles. The summed E-state index contributed by atoms with van der Waals surface area (Å²) in [5, 5.41) is 0.752. The average Bonchev–Trinajstić information content (AvgIpc) is 2.90. The van der Waals surface area contributed by atoms with Crippen molar-refractivity contribution in [2.75, 3.05) is 0 Å². The number of amides is 1. The maximum Gasteiger partial charge on any atom is 0.248 e. The number of nitrogens with one attached hydrogen (secondary N) is 1. The Labute approximate surface area is 114 Å². The van der Waals surface area contributed by atoms with Crippen LogP contribution in [-0.2, 0) is 0 Å². The Hall–Kier alpha value is -2.95. The van der Waals surface area contributed by atoms with Gasteiger partial charge >= 0.3 is 0 Å². The van der Waals surface area contributed by atoms with Gasteiger partial charge in [-0.25, -0.2) is 4.98 Å². The lowest BCUT2D eigenvalue weighted by Crippen LogP contribution is -2.12. The Morgan fingerprint density at radius 2 is 1.90 bits per heavy atom. The number of carbonyl (C=O) groups excluding carboxylic acids is 2. The molecule has 0 spiro atoms. The number of rotatable bonds is 3. The molecule has 20 heavy (non-hydrogen) atoms. The quantitative estimate of drug-likeness (QED) is 0.709. The summed E-state index contributed by atoms with van der Waals surface area (Å²) in [4.78, 5) is 30.8. The second-order valence-corrected chi connectivity index (χ2v) is 4.38. The highest BCUT2D eigenvalue weighted by Gasteiger charge is 2.15. The molecule has 0 aliphatic carbocycles. The lowest BCUT2D eigenvalue weighted by Gasteiger charge is -2.01. The standard InChI is InChI=1S/C15H11N3O2/c16-14(20)10-4-1-3-9(7-10)13(19)12-8-18-15-11(12)5-2-6-17-15/h1-8H,(H2,16,20)(H,17,18). The molecule has 0 atom stereocenters. The Morgan fingerprint density at radius 3 is 2.70 bits per heavy atom. The van der Waals surface area contributed by atoms with E-state index in [0.717, 1.165) is 5.39 Å². The third kappa shape index (κ3) is 1.95. The molecule has 0 bridgehead atoms. The van der Waals surface area contributed by atoms with Gasteiger partial charge in [-0.3, -0.25) is 9.59 Å². The fraction of sp³-hybridized carbons (Fsp3) is 0. The van der Waals surface area contributed by atoms with Gasteiger partial charge in [0.05, 0.1) is 0 Å². The summed E-state index contributed by atoms with van der Waals surface area (Å²) in [5.74, 6) is -0.729. The minimum Gasteiger partial charge on any atom is -0.366 e. The summed E-state index contributed by atoms with van der Waals surface area (Å²) in [6.45, 7) is 0. The summed E-state index contributed by atoms with van der Waals surface area (Å²) < 4.78 is 0. The number of hydrogen-bond donors (Lipinski definition) is 2. The fourth-order valence-corrected chi connectivity index (χ4v) is 2.11. The van der Waals surface area contributed by atoms with Crippen molar-refractivity contribution >= 4 is 22.7 Å². The second-order valence-electron chi connectivity index (χ2n) is 4.38. The van der Waals surface area contributed by atoms with Crippen molar-refractivity contribution in [2.45, 2.75) is 0 Å². The van der Waals surface area contributed by atoms with Crippen molar-refractivity contribution in [3.05, 3.63) is 65.5 Å². The molecule has 3 rings (SSSR count). The lowest BCUT2D eigenvalue weighted by atomic mass is 10.0. The summed E-state index contributed by atoms with van der Waals surface area (Å²) in [6, 6.07) is 9.97. The summed E-state index contributed by atoms with van der Waals surface area (Å²) >= 11 is 0. The highest BCUT2D eigenvalue weighted by molar-refractivity contribution is 6.16. The van der Waals surface area contributed by atoms with Crippen LogP contribution in [-0.4, -0.2) is 21.7 Å². The number of carbonyl (C=O) groups is 2. The molecule has 5 heteroatoms. The Morgan fingerprint density at radius 1 is 1.10 bits per heavy atom. The van der Waals surface area contributed by atoms with Crippen LogP contribution < -0.4 is 5.73 Å². The van der Waals surface area contributed by atoms with Gasteiger partial charge in [0, 0.05) is 34.5 Å². The first-order valence-corrected chi connectivity index (χ1v) is 6.03. The molecular formula is C15H11N3O2. The number of ketones is 1. The van der Waals surface area contributed by atoms with E-state index in [1.165, 1.54) is 6.07 Å². The van der Waals surface area contributed by atoms with Crippen molar-refractivity contribution in [3.63, 3.8) is 0 Å². The maximum absolute atomic E-state index is 12.5. The molecule has 2 heterocycles. The number of hydrogen-bond acceptors (Lipinski definition) is 3. The Kier molecular flexibility index (Phi) is 2.80. The van der Waals surface area contributed by atoms with Gasteiger partial charge in [-0.15, -0.1) is 0 Å². The average molecular weight is 265 g/mol. The van der Waals surface area contributed by atoms with E-state index in [1.54, 1.807) is 36.7 Å². The van der Waals surface area contributed by atoms with Gasteiger partial charge in [0.1, 0.15) is 5.65 Å². The number of nitrogens with zero attached hydrogens (tertiary/aromatic N) is 1. The zero-order chi connectivity index (χ0) is 14.1. The molecule has 3 aromatic rings. The van der Waals surface area contributed by atoms with Gasteiger partial charge in [0.15, 0.2) is 5.78 Å². The van der Waals surface area contributed by atoms with E-state index < -0.39 is 5.91 Å². The number of pyridine rings is 1. The van der Waals surface area contributed by atoms with Gasteiger partial charge in [0.2, 0.25) is 5.91 Å². The monoisotopic (exact) mass is 265 g/mol. The number of primary amides is 1. The predicted molar refractivity (Wildman–Crippen MR) is 74.5 cm³/mol. The van der Waals surface area contributed by atoms with Crippen molar-refractivity contribution in [2.24, 2.45) is 5.73 Å². The van der Waals surface area contributed by atoms with Gasteiger partial charge in [-0.2, -0.15) is 0 Å². The third-order valence-electron chi connectivity index (χ3n) is 3.11. The molecule has 1 amide bonds. The molecule has 0 saturated heterocycles. The third-order valence-corrected chi connectivity index (χ3v) is 3.11. The molecular weight excluding hydrogens is 254 g/mol. The van der Waals surface area contributed by atoms with Crippen LogP contribution in [0.5, 0.6) is 0 Å². The zero-order valence-corrected chi connectivity index (χ0v) is 10.5. The second kappa shape index (κ2) is 4.62. The molecule has 3 N–H and O–H groups in total. The van der Waals surface area contributed by atoms with Crippen LogP contribution in [0.15, 0.2) is 48.8 Å². The molecule has 2 aromatic heterocycles. The van der Waals surface area contributed by atoms with E-state index in [4.69, 9.17) is 5.73 Å². The van der Waals surface area contributed by atoms with Crippen LogP contribution in [0.4, 0.5) is 0 Å². The largest absolute Gasteiger partial charge is 0.366 e. The Balaban J connectivity index is 2.08. The van der Waals surface area contributed by atoms with Crippen molar-refractivity contribution in [3.8, 4) is 0 Å². The number of fused-ring (bicyclic) bond motifs is 1. The highest BCUT2D eigenvalue weighted by Crippen LogP contribution is 2.19. The smallest absolute Gasteiger partial charge is 0.248 e. The summed E-state index contributed by atoms with van der Waals surface area (Å²) in [5.41, 5.74) is 7.14. The number of H-pyrrole nitrogens is 1. The number of benzene rings is 1. The number of aromatic nitrogens is 2. The molecule has 0 aliphatic heterocycles. The van der Waals surface area contributed by atoms with Crippen LogP contribution in [0.1, 0.15) is 26.3 Å². The molecule has 0 saturated carbocycles. The topological polar surface area (TPSA) is 88.8 Å². The van der Waals surface area contributed by atoms with Crippen LogP contribution in [0.25, 0.3) is 11.0 Å². The van der Waals surface area contributed by atoms with Gasteiger partial charge in [-0.1, -0.05) is 12.1 Å². The number of aromatic amines is 1. The van der Waals surface area contributed by atoms with E-state index in [9.17, 15) is 9.59 Å². The van der Waals surface area contributed by atoms with E-state index in [2.05, 4.69) is 9.97 Å². The van der Waals surface area contributed by atoms with Crippen LogP contribution >= 0.6 is 0 Å². The van der Waals surface area contributed by atoms with E-state index in [0.29, 0.717) is 22.3 Å². The Bertz CT molecular complexity index is 821. The van der Waals surface area contributed by atoms with Gasteiger partial charge in [0.25, 0.3) is 0 Å². The summed E-state index contributed by atoms with van der Waals surface area (Å²) in [7, 11) is 0. The minimum absolute atomic E-state index is 0.174. The van der Waals surface area contributed by atoms with Gasteiger partial charge < -0.3 is 10.7 Å². The summed E-state index contributed by atoms with van der Waals surface area (Å²) in [6.07, 6.45) is 3.28. The van der Waals surface area contributed by atoms with Crippen LogP contribution in [0, 0.1) is 0 Å². The predicted octanol–water partition coefficient (Wildman–Crippen LogP) is 1.89. The zero-order valence-electron chi connectivity index (χ0n) is 10.5. The van der Waals surface area contributed by atoms with E-state index >= 15 is 0 Å². The highest BCUT2D eigenvalue weighted by atomic mass is 16.1. The van der Waals surface area contributed by atoms with Gasteiger partial charge in [-0.05, 0) is 24.3 Å². The molecule has 5 nitrogen and oxygen atoms in total. The van der Waals surface area contributed by atoms with Crippen molar-refractivity contribution in [1.29, 1.82) is 0 Å². The molecule has 0 aliphatic rings. The molecule has 0 radical (unpaired) electrons. The van der Waals surface area contributed by atoms with Crippen LogP contribution in [0.2, 0.25) is 0 Å². The first-order chi connectivity index (χ1) is 9.66. The first kappa shape index (κ1) is 12.1. The maximum atomic E-state index is 12.5. The van der Waals surface area contributed by atoms with E-state index in [-0.39, 0.29) is 5.78 Å². The van der Waals surface area contributed by atoms with E-state index in [1.807, 2.05) is 6.07 Å². The molecule has 98 valence electrons. The first-order valence-electron chi connectivity index (χ1n) is 6.03. The fourth-order valence-electron chi connectivity index (χ4n) is 2.11. The minimum atomic E-state index is -0.555. The normalized spacial score (nSPS) is 10.6. The number of nitrogens with two attached hydrogens (primary N) is 1. The lowest BCUT2D eigenvalue weighted by molar-refractivity contribution is 0.1000. The van der Waals surface area contributed by atoms with Crippen molar-refractivity contribution in [1.82, 2.24) is 9.97 Å². The van der Waals surface area contributed by atoms with Crippen LogP contribution in [0.3, 0.4) is 0 Å². The molecule has 0 fully saturated rings. The molecule has 0 unspecified atom stereocenters.